The van der Waals surface area contributed by atoms with Crippen molar-refractivity contribution in [2.75, 3.05) is 38.0 Å². The van der Waals surface area contributed by atoms with Crippen LogP contribution in [0.3, 0.4) is 0 Å². The molecule has 0 aliphatic carbocycles. The lowest BCUT2D eigenvalue weighted by atomic mass is 10.2. The Morgan fingerprint density at radius 1 is 1.12 bits per heavy atom. The van der Waals surface area contributed by atoms with Crippen molar-refractivity contribution in [2.45, 2.75) is 11.8 Å². The van der Waals surface area contributed by atoms with Gasteiger partial charge in [-0.2, -0.15) is 9.40 Å². The molecule has 1 saturated heterocycles. The van der Waals surface area contributed by atoms with E-state index in [1.165, 1.54) is 4.31 Å². The van der Waals surface area contributed by atoms with E-state index in [-0.39, 0.29) is 12.5 Å². The van der Waals surface area contributed by atoms with Gasteiger partial charge in [-0.1, -0.05) is 17.7 Å². The van der Waals surface area contributed by atoms with Crippen LogP contribution in [0.5, 0.6) is 0 Å². The first-order valence-electron chi connectivity index (χ1n) is 8.43. The molecule has 9 heteroatoms. The van der Waals surface area contributed by atoms with Crippen molar-refractivity contribution in [3.05, 3.63) is 42.1 Å². The van der Waals surface area contributed by atoms with Crippen molar-refractivity contribution in [1.82, 2.24) is 19.0 Å². The molecule has 0 radical (unpaired) electrons. The summed E-state index contributed by atoms with van der Waals surface area (Å²) in [6.07, 6.45) is 1.75. The van der Waals surface area contributed by atoms with Gasteiger partial charge < -0.3 is 5.32 Å². The van der Waals surface area contributed by atoms with Gasteiger partial charge in [0.05, 0.1) is 11.4 Å². The summed E-state index contributed by atoms with van der Waals surface area (Å²) in [6, 6.07) is 8.59. The molecule has 0 bridgehead atoms. The van der Waals surface area contributed by atoms with Crippen molar-refractivity contribution in [3.8, 4) is 0 Å². The summed E-state index contributed by atoms with van der Waals surface area (Å²) >= 11 is 0. The van der Waals surface area contributed by atoms with E-state index < -0.39 is 10.0 Å². The standard InChI is InChI=1S/C17H23N5O3S/c1-14-3-5-15(6-4-14)26(24,25)22-11-9-21(10-12-22)13-17(23)18-16-7-8-20(2)19-16/h3-8H,9-13H2,1-2H3,(H,18,19,23). The van der Waals surface area contributed by atoms with Gasteiger partial charge in [0.25, 0.3) is 0 Å². The third-order valence-electron chi connectivity index (χ3n) is 4.34. The van der Waals surface area contributed by atoms with E-state index in [4.69, 9.17) is 0 Å². The number of aromatic nitrogens is 2. The Hall–Kier alpha value is -2.23. The van der Waals surface area contributed by atoms with Gasteiger partial charge in [0.15, 0.2) is 5.82 Å². The zero-order chi connectivity index (χ0) is 18.7. The molecular weight excluding hydrogens is 354 g/mol. The molecule has 8 nitrogen and oxygen atoms in total. The lowest BCUT2D eigenvalue weighted by Gasteiger charge is -2.33. The largest absolute Gasteiger partial charge is 0.308 e. The van der Waals surface area contributed by atoms with Crippen molar-refractivity contribution in [2.24, 2.45) is 7.05 Å². The summed E-state index contributed by atoms with van der Waals surface area (Å²) in [6.45, 7) is 3.90. The van der Waals surface area contributed by atoms with Crippen LogP contribution in [0.1, 0.15) is 5.56 Å². The molecule has 2 heterocycles. The minimum atomic E-state index is -3.48. The number of nitrogens with zero attached hydrogens (tertiary/aromatic N) is 4. The number of sulfonamides is 1. The van der Waals surface area contributed by atoms with Gasteiger partial charge in [-0.15, -0.1) is 0 Å². The highest BCUT2D eigenvalue weighted by Gasteiger charge is 2.29. The van der Waals surface area contributed by atoms with Gasteiger partial charge >= 0.3 is 0 Å². The highest BCUT2D eigenvalue weighted by molar-refractivity contribution is 7.89. The third kappa shape index (κ3) is 4.29. The molecule has 2 aromatic rings. The van der Waals surface area contributed by atoms with Gasteiger partial charge in [0, 0.05) is 45.5 Å². The number of carbonyl (C=O) groups is 1. The average molecular weight is 377 g/mol. The molecule has 26 heavy (non-hydrogen) atoms. The maximum Gasteiger partial charge on any atom is 0.243 e. The minimum absolute atomic E-state index is 0.154. The van der Waals surface area contributed by atoms with Gasteiger partial charge in [-0.25, -0.2) is 8.42 Å². The van der Waals surface area contributed by atoms with E-state index in [1.807, 2.05) is 11.8 Å². The molecule has 140 valence electrons. The van der Waals surface area contributed by atoms with Crippen molar-refractivity contribution >= 4 is 21.7 Å². The second kappa shape index (κ2) is 7.56. The van der Waals surface area contributed by atoms with Crippen LogP contribution in [0.15, 0.2) is 41.4 Å². The first-order valence-corrected chi connectivity index (χ1v) is 9.87. The van der Waals surface area contributed by atoms with Gasteiger partial charge in [0.2, 0.25) is 15.9 Å². The first kappa shape index (κ1) is 18.6. The lowest BCUT2D eigenvalue weighted by molar-refractivity contribution is -0.117. The van der Waals surface area contributed by atoms with Crippen molar-refractivity contribution < 1.29 is 13.2 Å². The molecule has 1 fully saturated rings. The smallest absolute Gasteiger partial charge is 0.243 e. The summed E-state index contributed by atoms with van der Waals surface area (Å²) in [5.74, 6) is 0.358. The predicted molar refractivity (Wildman–Crippen MR) is 98.2 cm³/mol. The van der Waals surface area contributed by atoms with Crippen molar-refractivity contribution in [1.29, 1.82) is 0 Å². The molecule has 0 spiro atoms. The highest BCUT2D eigenvalue weighted by atomic mass is 32.2. The first-order chi connectivity index (χ1) is 12.3. The number of anilines is 1. The summed E-state index contributed by atoms with van der Waals surface area (Å²) in [4.78, 5) is 14.3. The Bertz CT molecular complexity index is 868. The van der Waals surface area contributed by atoms with Gasteiger partial charge in [0.1, 0.15) is 0 Å². The van der Waals surface area contributed by atoms with Crippen molar-refractivity contribution in [3.63, 3.8) is 0 Å². The number of piperazine rings is 1. The van der Waals surface area contributed by atoms with Crippen LogP contribution in [0.4, 0.5) is 5.82 Å². The summed E-state index contributed by atoms with van der Waals surface area (Å²) < 4.78 is 28.5. The predicted octanol–water partition coefficient (Wildman–Crippen LogP) is 0.674. The molecule has 0 saturated carbocycles. The fourth-order valence-electron chi connectivity index (χ4n) is 2.85. The van der Waals surface area contributed by atoms with Crippen LogP contribution in [0.2, 0.25) is 0 Å². The topological polar surface area (TPSA) is 87.5 Å². The quantitative estimate of drug-likeness (QED) is 0.828. The molecule has 1 N–H and O–H groups in total. The fourth-order valence-corrected chi connectivity index (χ4v) is 4.28. The summed E-state index contributed by atoms with van der Waals surface area (Å²) in [7, 11) is -1.70. The fraction of sp³-hybridized carbons (Fsp3) is 0.412. The Balaban J connectivity index is 1.53. The number of carbonyl (C=O) groups excluding carboxylic acids is 1. The number of amides is 1. The van der Waals surface area contributed by atoms with E-state index in [9.17, 15) is 13.2 Å². The minimum Gasteiger partial charge on any atom is -0.308 e. The van der Waals surface area contributed by atoms with E-state index in [0.717, 1.165) is 5.56 Å². The molecule has 0 unspecified atom stereocenters. The average Bonchev–Trinajstić information content (AvgIpc) is 3.00. The molecule has 1 aliphatic heterocycles. The maximum atomic E-state index is 12.7. The molecule has 3 rings (SSSR count). The Labute approximate surface area is 153 Å². The number of nitrogens with one attached hydrogen (secondary N) is 1. The Kier molecular flexibility index (Phi) is 5.40. The van der Waals surface area contributed by atoms with Crippen LogP contribution in [0.25, 0.3) is 0 Å². The monoisotopic (exact) mass is 377 g/mol. The molecular formula is C17H23N5O3S. The molecule has 0 atom stereocenters. The highest BCUT2D eigenvalue weighted by Crippen LogP contribution is 2.18. The zero-order valence-electron chi connectivity index (χ0n) is 14.9. The second-order valence-electron chi connectivity index (χ2n) is 6.42. The lowest BCUT2D eigenvalue weighted by Crippen LogP contribution is -2.50. The van der Waals surface area contributed by atoms with Gasteiger partial charge in [-0.05, 0) is 19.1 Å². The van der Waals surface area contributed by atoms with Crippen LogP contribution < -0.4 is 5.32 Å². The third-order valence-corrected chi connectivity index (χ3v) is 6.25. The number of benzene rings is 1. The Morgan fingerprint density at radius 3 is 2.35 bits per heavy atom. The number of hydrogen-bond donors (Lipinski definition) is 1. The second-order valence-corrected chi connectivity index (χ2v) is 8.35. The maximum absolute atomic E-state index is 12.7. The van der Waals surface area contributed by atoms with Crippen LogP contribution in [-0.2, 0) is 21.9 Å². The molecule has 1 amide bonds. The molecule has 1 aliphatic rings. The van der Waals surface area contributed by atoms with E-state index in [1.54, 1.807) is 48.3 Å². The van der Waals surface area contributed by atoms with E-state index in [2.05, 4.69) is 10.4 Å². The number of aryl methyl sites for hydroxylation is 2. The SMILES string of the molecule is Cc1ccc(S(=O)(=O)N2CCN(CC(=O)Nc3ccn(C)n3)CC2)cc1. The van der Waals surface area contributed by atoms with E-state index in [0.29, 0.717) is 36.9 Å². The normalized spacial score (nSPS) is 16.5. The van der Waals surface area contributed by atoms with Crippen LogP contribution in [0, 0.1) is 6.92 Å². The molecule has 1 aromatic carbocycles. The summed E-state index contributed by atoms with van der Waals surface area (Å²) in [5, 5.41) is 6.84. The zero-order valence-corrected chi connectivity index (χ0v) is 15.7. The molecule has 1 aromatic heterocycles. The van der Waals surface area contributed by atoms with Gasteiger partial charge in [-0.3, -0.25) is 14.4 Å². The number of hydrogen-bond acceptors (Lipinski definition) is 5. The number of rotatable bonds is 5. The van der Waals surface area contributed by atoms with E-state index >= 15 is 0 Å². The summed E-state index contributed by atoms with van der Waals surface area (Å²) in [5.41, 5.74) is 1.02. The van der Waals surface area contributed by atoms with Crippen LogP contribution >= 0.6 is 0 Å². The van der Waals surface area contributed by atoms with Crippen LogP contribution in [-0.4, -0.2) is 66.0 Å². The Morgan fingerprint density at radius 2 is 1.77 bits per heavy atom.